The number of hydrogen-bond donors (Lipinski definition) is 0. The Morgan fingerprint density at radius 3 is 2.93 bits per heavy atom. The van der Waals surface area contributed by atoms with Gasteiger partial charge in [-0.2, -0.15) is 0 Å². The number of rotatable bonds is 1. The van der Waals surface area contributed by atoms with E-state index in [-0.39, 0.29) is 0 Å². The van der Waals surface area contributed by atoms with Gasteiger partial charge in [-0.1, -0.05) is 0 Å². The first kappa shape index (κ1) is 10.9. The van der Waals surface area contributed by atoms with E-state index < -0.39 is 0 Å². The van der Waals surface area contributed by atoms with Crippen molar-refractivity contribution in [1.82, 2.24) is 9.62 Å². The zero-order valence-electron chi connectivity index (χ0n) is 7.56. The Morgan fingerprint density at radius 2 is 2.13 bits per heavy atom. The van der Waals surface area contributed by atoms with Crippen LogP contribution in [0.3, 0.4) is 0 Å². The second-order valence-electron chi connectivity index (χ2n) is 2.86. The van der Waals surface area contributed by atoms with Gasteiger partial charge in [0, 0.05) is 0 Å². The Labute approximate surface area is 112 Å². The SMILES string of the molecule is CCN1C2=NS[Se]C2=C(Cl)C2=C1[N]S[Se]2. The molecule has 8 heteroatoms. The molecule has 0 spiro atoms. The predicted molar refractivity (Wildman–Crippen MR) is 68.5 cm³/mol. The van der Waals surface area contributed by atoms with Crippen LogP contribution in [0.15, 0.2) is 24.2 Å². The first-order valence-corrected chi connectivity index (χ1v) is 11.9. The van der Waals surface area contributed by atoms with Crippen molar-refractivity contribution in [2.24, 2.45) is 4.40 Å². The number of hydrogen-bond acceptors (Lipinski definition) is 4. The first-order valence-electron chi connectivity index (χ1n) is 4.21. The van der Waals surface area contributed by atoms with E-state index in [1.54, 1.807) is 20.7 Å². The third kappa shape index (κ3) is 1.60. The summed E-state index contributed by atoms with van der Waals surface area (Å²) in [6.07, 6.45) is 0. The molecule has 3 aliphatic heterocycles. The number of likely N-dealkylation sites (N-methyl/N-ethyl adjacent to an activating group) is 1. The van der Waals surface area contributed by atoms with E-state index in [0.29, 0.717) is 27.7 Å². The van der Waals surface area contributed by atoms with E-state index in [9.17, 15) is 0 Å². The van der Waals surface area contributed by atoms with Crippen molar-refractivity contribution in [2.45, 2.75) is 6.92 Å². The number of nitrogens with zero attached hydrogens (tertiary/aromatic N) is 3. The van der Waals surface area contributed by atoms with Gasteiger partial charge in [-0.15, -0.1) is 0 Å². The van der Waals surface area contributed by atoms with Crippen LogP contribution < -0.4 is 4.72 Å². The van der Waals surface area contributed by atoms with Gasteiger partial charge in [0.2, 0.25) is 0 Å². The Bertz CT molecular complexity index is 420. The average Bonchev–Trinajstić information content (AvgIpc) is 2.85. The van der Waals surface area contributed by atoms with Crippen LogP contribution in [0.2, 0.25) is 0 Å². The Balaban J connectivity index is 2.14. The van der Waals surface area contributed by atoms with Crippen molar-refractivity contribution < 1.29 is 0 Å². The van der Waals surface area contributed by atoms with Crippen LogP contribution in [-0.2, 0) is 0 Å². The molecule has 0 aromatic heterocycles. The maximum absolute atomic E-state index is 6.40. The van der Waals surface area contributed by atoms with Gasteiger partial charge >= 0.3 is 113 Å². The van der Waals surface area contributed by atoms with E-state index in [1.807, 2.05) is 0 Å². The minimum absolute atomic E-state index is 0.349. The molecule has 0 unspecified atom stereocenters. The molecule has 79 valence electrons. The number of amidine groups is 1. The van der Waals surface area contributed by atoms with Crippen LogP contribution in [-0.4, -0.2) is 45.0 Å². The molecule has 0 atom stereocenters. The zero-order chi connectivity index (χ0) is 10.4. The molecule has 3 aliphatic rings. The van der Waals surface area contributed by atoms with E-state index >= 15 is 0 Å². The van der Waals surface area contributed by atoms with Crippen LogP contribution >= 0.6 is 32.3 Å². The molecule has 3 nitrogen and oxygen atoms in total. The standard InChI is InChI=1S/C7H5ClN3S2Se2/c1-2-11-6-4(14-12-9-6)3(8)5-7(11)10-13-15-5/h2H2,1H3. The summed E-state index contributed by atoms with van der Waals surface area (Å²) in [6, 6.07) is 0. The van der Waals surface area contributed by atoms with E-state index in [0.717, 1.165) is 23.2 Å². The second-order valence-corrected chi connectivity index (χ2v) is 9.92. The quantitative estimate of drug-likeness (QED) is 0.504. The number of allylic oxidation sites excluding steroid dienone is 2. The van der Waals surface area contributed by atoms with Crippen LogP contribution in [0.5, 0.6) is 0 Å². The molecule has 0 N–H and O–H groups in total. The molecule has 3 rings (SSSR count). The van der Waals surface area contributed by atoms with E-state index in [2.05, 4.69) is 20.9 Å². The van der Waals surface area contributed by atoms with Gasteiger partial charge in [-0.05, 0) is 0 Å². The second kappa shape index (κ2) is 4.22. The zero-order valence-corrected chi connectivity index (χ0v) is 13.4. The van der Waals surface area contributed by atoms with Crippen molar-refractivity contribution in [2.75, 3.05) is 6.54 Å². The van der Waals surface area contributed by atoms with Crippen molar-refractivity contribution in [3.05, 3.63) is 19.8 Å². The van der Waals surface area contributed by atoms with Gasteiger partial charge in [-0.3, -0.25) is 0 Å². The van der Waals surface area contributed by atoms with Gasteiger partial charge in [0.15, 0.2) is 0 Å². The summed E-state index contributed by atoms with van der Waals surface area (Å²) in [4.78, 5) is 2.19. The van der Waals surface area contributed by atoms with Crippen molar-refractivity contribution in [3.8, 4) is 0 Å². The van der Waals surface area contributed by atoms with E-state index in [4.69, 9.17) is 11.6 Å². The van der Waals surface area contributed by atoms with E-state index in [1.165, 1.54) is 8.94 Å². The molecule has 1 radical (unpaired) electrons. The van der Waals surface area contributed by atoms with Gasteiger partial charge in [0.1, 0.15) is 0 Å². The molecule has 0 saturated heterocycles. The molecule has 0 fully saturated rings. The fourth-order valence-corrected chi connectivity index (χ4v) is 9.47. The molecule has 0 aromatic rings. The topological polar surface area (TPSA) is 29.7 Å². The van der Waals surface area contributed by atoms with Gasteiger partial charge in [0.25, 0.3) is 0 Å². The van der Waals surface area contributed by atoms with Crippen molar-refractivity contribution >= 4 is 65.8 Å². The molecule has 0 bridgehead atoms. The monoisotopic (exact) mass is 390 g/mol. The van der Waals surface area contributed by atoms with Gasteiger partial charge in [0.05, 0.1) is 0 Å². The van der Waals surface area contributed by atoms with Crippen molar-refractivity contribution in [3.63, 3.8) is 0 Å². The third-order valence-electron chi connectivity index (χ3n) is 2.12. The third-order valence-corrected chi connectivity index (χ3v) is 9.58. The Kier molecular flexibility index (Phi) is 3.07. The Morgan fingerprint density at radius 1 is 1.33 bits per heavy atom. The molecular formula is C7H5ClN3S2Se2. The molecule has 0 aromatic carbocycles. The summed E-state index contributed by atoms with van der Waals surface area (Å²) in [6.45, 7) is 3.05. The molecule has 0 amide bonds. The molecule has 3 heterocycles. The molecule has 15 heavy (non-hydrogen) atoms. The minimum atomic E-state index is 0.349. The fourth-order valence-electron chi connectivity index (χ4n) is 1.46. The van der Waals surface area contributed by atoms with Gasteiger partial charge < -0.3 is 0 Å². The van der Waals surface area contributed by atoms with Gasteiger partial charge in [-0.25, -0.2) is 0 Å². The van der Waals surface area contributed by atoms with Crippen LogP contribution in [0.4, 0.5) is 0 Å². The summed E-state index contributed by atoms with van der Waals surface area (Å²) in [7, 11) is 3.28. The summed E-state index contributed by atoms with van der Waals surface area (Å²) < 4.78 is 11.5. The fraction of sp³-hybridized carbons (Fsp3) is 0.286. The van der Waals surface area contributed by atoms with Crippen LogP contribution in [0.1, 0.15) is 6.92 Å². The van der Waals surface area contributed by atoms with Crippen LogP contribution in [0, 0.1) is 0 Å². The predicted octanol–water partition coefficient (Wildman–Crippen LogP) is 1.51. The summed E-state index contributed by atoms with van der Waals surface area (Å²) >= 11 is 7.10. The molecule has 0 saturated carbocycles. The molecular weight excluding hydrogens is 384 g/mol. The Hall–Kier alpha value is 0.779. The number of halogens is 1. The molecule has 0 aliphatic carbocycles. The summed E-state index contributed by atoms with van der Waals surface area (Å²) in [5.41, 5.74) is 0. The summed E-state index contributed by atoms with van der Waals surface area (Å²) in [5.74, 6) is 2.10. The number of fused-ring (bicyclic) bond motifs is 1. The average molecular weight is 389 g/mol. The summed E-state index contributed by atoms with van der Waals surface area (Å²) in [5, 5.41) is 0.937. The van der Waals surface area contributed by atoms with Crippen LogP contribution in [0.25, 0.3) is 0 Å². The van der Waals surface area contributed by atoms with Crippen molar-refractivity contribution in [1.29, 1.82) is 0 Å². The maximum atomic E-state index is 6.40. The normalized spacial score (nSPS) is 24.1. The first-order chi connectivity index (χ1) is 7.33.